The summed E-state index contributed by atoms with van der Waals surface area (Å²) in [6.45, 7) is 1.89. The highest BCUT2D eigenvalue weighted by atomic mass is 19.1. The van der Waals surface area contributed by atoms with E-state index in [1.807, 2.05) is 4.90 Å². The van der Waals surface area contributed by atoms with Crippen LogP contribution in [0.1, 0.15) is 0 Å². The van der Waals surface area contributed by atoms with E-state index >= 15 is 0 Å². The molecule has 104 valence electrons. The van der Waals surface area contributed by atoms with E-state index in [-0.39, 0.29) is 24.8 Å². The molecule has 2 N–H and O–H groups in total. The Balaban J connectivity index is 1.77. The third-order valence-electron chi connectivity index (χ3n) is 2.85. The number of β-amino-alcohol motifs (C(OH)–C–C–N with tert-alkyl or cyclic N) is 1. The van der Waals surface area contributed by atoms with Crippen molar-refractivity contribution in [2.45, 2.75) is 6.10 Å². The van der Waals surface area contributed by atoms with Crippen molar-refractivity contribution < 1.29 is 19.0 Å². The van der Waals surface area contributed by atoms with Crippen molar-refractivity contribution in [2.75, 3.05) is 32.8 Å². The van der Waals surface area contributed by atoms with Crippen molar-refractivity contribution in [1.29, 1.82) is 0 Å². The maximum atomic E-state index is 13.3. The summed E-state index contributed by atoms with van der Waals surface area (Å²) in [6, 6.07) is 6.05. The number of aliphatic hydroxyl groups excluding tert-OH is 1. The summed E-state index contributed by atoms with van der Waals surface area (Å²) in [5, 5.41) is 12.5. The molecular formula is C13H17FN2O3. The fourth-order valence-electron chi connectivity index (χ4n) is 1.95. The van der Waals surface area contributed by atoms with E-state index in [4.69, 9.17) is 4.74 Å². The molecule has 1 amide bonds. The number of amides is 1. The molecule has 1 aromatic rings. The van der Waals surface area contributed by atoms with Gasteiger partial charge in [0.15, 0.2) is 11.6 Å². The van der Waals surface area contributed by atoms with Crippen LogP contribution in [-0.4, -0.2) is 54.8 Å². The molecule has 1 heterocycles. The molecule has 0 unspecified atom stereocenters. The van der Waals surface area contributed by atoms with Crippen LogP contribution < -0.4 is 10.1 Å². The Kier molecular flexibility index (Phi) is 4.70. The molecular weight excluding hydrogens is 251 g/mol. The van der Waals surface area contributed by atoms with Crippen molar-refractivity contribution >= 4 is 5.91 Å². The summed E-state index contributed by atoms with van der Waals surface area (Å²) in [6.07, 6.45) is -0.759. The fourth-order valence-corrected chi connectivity index (χ4v) is 1.95. The van der Waals surface area contributed by atoms with Crippen LogP contribution in [0.5, 0.6) is 5.75 Å². The van der Waals surface area contributed by atoms with Gasteiger partial charge in [0, 0.05) is 19.6 Å². The average Bonchev–Trinajstić information content (AvgIpc) is 2.38. The quantitative estimate of drug-likeness (QED) is 0.789. The number of rotatable bonds is 5. The lowest BCUT2D eigenvalue weighted by atomic mass is 10.3. The summed E-state index contributed by atoms with van der Waals surface area (Å²) < 4.78 is 18.5. The number of halogens is 1. The van der Waals surface area contributed by atoms with E-state index < -0.39 is 11.9 Å². The van der Waals surface area contributed by atoms with Crippen LogP contribution in [0, 0.1) is 5.82 Å². The Morgan fingerprint density at radius 2 is 2.26 bits per heavy atom. The van der Waals surface area contributed by atoms with Crippen molar-refractivity contribution in [3.05, 3.63) is 30.1 Å². The highest BCUT2D eigenvalue weighted by Crippen LogP contribution is 2.15. The van der Waals surface area contributed by atoms with Crippen molar-refractivity contribution in [3.63, 3.8) is 0 Å². The molecule has 0 radical (unpaired) electrons. The SMILES string of the molecule is O=C1CN(C[C@H](O)COc2ccccc2F)CCN1. The summed E-state index contributed by atoms with van der Waals surface area (Å²) in [5.41, 5.74) is 0. The maximum absolute atomic E-state index is 13.3. The van der Waals surface area contributed by atoms with Crippen LogP contribution in [0.2, 0.25) is 0 Å². The van der Waals surface area contributed by atoms with Crippen LogP contribution in [-0.2, 0) is 4.79 Å². The number of para-hydroxylation sites is 1. The minimum atomic E-state index is -0.759. The summed E-state index contributed by atoms with van der Waals surface area (Å²) in [5.74, 6) is -0.376. The largest absolute Gasteiger partial charge is 0.488 e. The van der Waals surface area contributed by atoms with E-state index in [0.717, 1.165) is 0 Å². The van der Waals surface area contributed by atoms with Crippen LogP contribution in [0.3, 0.4) is 0 Å². The van der Waals surface area contributed by atoms with Crippen LogP contribution >= 0.6 is 0 Å². The van der Waals surface area contributed by atoms with Gasteiger partial charge in [0.2, 0.25) is 5.91 Å². The molecule has 1 aliphatic rings. The molecule has 0 saturated carbocycles. The average molecular weight is 268 g/mol. The number of carbonyl (C=O) groups is 1. The first-order valence-corrected chi connectivity index (χ1v) is 6.19. The Hall–Kier alpha value is -1.66. The molecule has 1 atom stereocenters. The molecule has 2 rings (SSSR count). The zero-order valence-corrected chi connectivity index (χ0v) is 10.5. The molecule has 1 fully saturated rings. The number of carbonyl (C=O) groups excluding carboxylic acids is 1. The first-order valence-electron chi connectivity index (χ1n) is 6.19. The van der Waals surface area contributed by atoms with Crippen molar-refractivity contribution in [2.24, 2.45) is 0 Å². The number of nitrogens with one attached hydrogen (secondary N) is 1. The van der Waals surface area contributed by atoms with Gasteiger partial charge in [0.25, 0.3) is 0 Å². The summed E-state index contributed by atoms with van der Waals surface area (Å²) >= 11 is 0. The minimum absolute atomic E-state index is 0.000940. The lowest BCUT2D eigenvalue weighted by Gasteiger charge is -2.28. The molecule has 5 nitrogen and oxygen atoms in total. The molecule has 6 heteroatoms. The normalized spacial score (nSPS) is 17.9. The molecule has 0 bridgehead atoms. The van der Waals surface area contributed by atoms with Gasteiger partial charge in [-0.05, 0) is 12.1 Å². The third kappa shape index (κ3) is 4.18. The van der Waals surface area contributed by atoms with E-state index in [9.17, 15) is 14.3 Å². The number of benzene rings is 1. The number of piperazine rings is 1. The second kappa shape index (κ2) is 6.49. The van der Waals surface area contributed by atoms with Gasteiger partial charge in [-0.3, -0.25) is 9.69 Å². The Morgan fingerprint density at radius 3 is 3.00 bits per heavy atom. The first-order chi connectivity index (χ1) is 9.15. The lowest BCUT2D eigenvalue weighted by molar-refractivity contribution is -0.124. The molecule has 19 heavy (non-hydrogen) atoms. The Morgan fingerprint density at radius 1 is 1.47 bits per heavy atom. The van der Waals surface area contributed by atoms with Gasteiger partial charge in [0.1, 0.15) is 12.7 Å². The van der Waals surface area contributed by atoms with Gasteiger partial charge in [0.05, 0.1) is 6.54 Å². The van der Waals surface area contributed by atoms with Gasteiger partial charge in [-0.1, -0.05) is 12.1 Å². The summed E-state index contributed by atoms with van der Waals surface area (Å²) in [7, 11) is 0. The Bertz CT molecular complexity index is 442. The topological polar surface area (TPSA) is 61.8 Å². The molecule has 0 aromatic heterocycles. The number of ether oxygens (including phenoxy) is 1. The predicted molar refractivity (Wildman–Crippen MR) is 67.4 cm³/mol. The molecule has 0 aliphatic carbocycles. The van der Waals surface area contributed by atoms with Crippen molar-refractivity contribution in [1.82, 2.24) is 10.2 Å². The van der Waals surface area contributed by atoms with Crippen LogP contribution in [0.15, 0.2) is 24.3 Å². The first kappa shape index (κ1) is 13.8. The number of hydrogen-bond donors (Lipinski definition) is 2. The minimum Gasteiger partial charge on any atom is -0.488 e. The molecule has 1 aliphatic heterocycles. The van der Waals surface area contributed by atoms with E-state index in [1.54, 1.807) is 12.1 Å². The second-order valence-electron chi connectivity index (χ2n) is 4.48. The van der Waals surface area contributed by atoms with Gasteiger partial charge in [-0.2, -0.15) is 0 Å². The Labute approximate surface area is 111 Å². The van der Waals surface area contributed by atoms with E-state index in [0.29, 0.717) is 19.6 Å². The zero-order valence-electron chi connectivity index (χ0n) is 10.5. The lowest BCUT2D eigenvalue weighted by Crippen LogP contribution is -2.50. The summed E-state index contributed by atoms with van der Waals surface area (Å²) in [4.78, 5) is 13.0. The van der Waals surface area contributed by atoms with Crippen LogP contribution in [0.25, 0.3) is 0 Å². The smallest absolute Gasteiger partial charge is 0.234 e. The maximum Gasteiger partial charge on any atom is 0.234 e. The van der Waals surface area contributed by atoms with Crippen molar-refractivity contribution in [3.8, 4) is 5.75 Å². The highest BCUT2D eigenvalue weighted by Gasteiger charge is 2.19. The number of aliphatic hydroxyl groups is 1. The van der Waals surface area contributed by atoms with Gasteiger partial charge < -0.3 is 15.2 Å². The van der Waals surface area contributed by atoms with E-state index in [2.05, 4.69) is 5.32 Å². The molecule has 1 saturated heterocycles. The molecule has 1 aromatic carbocycles. The zero-order chi connectivity index (χ0) is 13.7. The standard InChI is InChI=1S/C13H17FN2O3/c14-11-3-1-2-4-12(11)19-9-10(17)7-16-6-5-15-13(18)8-16/h1-4,10,17H,5-9H2,(H,15,18)/t10-/m0/s1. The molecule has 0 spiro atoms. The number of hydrogen-bond acceptors (Lipinski definition) is 4. The second-order valence-corrected chi connectivity index (χ2v) is 4.48. The number of nitrogens with zero attached hydrogens (tertiary/aromatic N) is 1. The highest BCUT2D eigenvalue weighted by molar-refractivity contribution is 5.78. The third-order valence-corrected chi connectivity index (χ3v) is 2.85. The predicted octanol–water partition coefficient (Wildman–Crippen LogP) is -0.00280. The van der Waals surface area contributed by atoms with Gasteiger partial charge >= 0.3 is 0 Å². The fraction of sp³-hybridized carbons (Fsp3) is 0.462. The van der Waals surface area contributed by atoms with Crippen LogP contribution in [0.4, 0.5) is 4.39 Å². The van der Waals surface area contributed by atoms with E-state index in [1.165, 1.54) is 12.1 Å². The van der Waals surface area contributed by atoms with Gasteiger partial charge in [-0.25, -0.2) is 4.39 Å². The van der Waals surface area contributed by atoms with Gasteiger partial charge in [-0.15, -0.1) is 0 Å². The monoisotopic (exact) mass is 268 g/mol.